The molecule has 2 aliphatic heterocycles. The average Bonchev–Trinajstić information content (AvgIpc) is 3.58. The van der Waals surface area contributed by atoms with Gasteiger partial charge in [-0.05, 0) is 49.0 Å². The Labute approximate surface area is 180 Å². The Morgan fingerprint density at radius 2 is 2.10 bits per heavy atom. The van der Waals surface area contributed by atoms with Gasteiger partial charge in [-0.1, -0.05) is 18.6 Å². The van der Waals surface area contributed by atoms with Crippen LogP contribution in [0.2, 0.25) is 0 Å². The summed E-state index contributed by atoms with van der Waals surface area (Å²) in [5.74, 6) is 1.30. The fourth-order valence-corrected chi connectivity index (χ4v) is 4.37. The number of hydrogen-bond donors (Lipinski definition) is 3. The second kappa shape index (κ2) is 8.26. The van der Waals surface area contributed by atoms with Gasteiger partial charge >= 0.3 is 0 Å². The number of amidine groups is 1. The lowest BCUT2D eigenvalue weighted by Crippen LogP contribution is -2.53. The molecule has 1 saturated heterocycles. The van der Waals surface area contributed by atoms with Crippen LogP contribution >= 0.6 is 0 Å². The van der Waals surface area contributed by atoms with Gasteiger partial charge in [-0.3, -0.25) is 5.10 Å². The van der Waals surface area contributed by atoms with E-state index in [9.17, 15) is 9.50 Å². The molecule has 2 aromatic rings. The van der Waals surface area contributed by atoms with E-state index in [0.29, 0.717) is 28.4 Å². The van der Waals surface area contributed by atoms with Crippen molar-refractivity contribution < 1.29 is 9.50 Å². The van der Waals surface area contributed by atoms with Gasteiger partial charge in [0.25, 0.3) is 0 Å². The molecule has 1 saturated carbocycles. The zero-order valence-corrected chi connectivity index (χ0v) is 17.6. The summed E-state index contributed by atoms with van der Waals surface area (Å²) in [7, 11) is 0. The second-order valence-corrected chi connectivity index (χ2v) is 8.51. The number of phenolic OH excluding ortho intramolecular Hbond substituents is 1. The van der Waals surface area contributed by atoms with Crippen LogP contribution in [-0.2, 0) is 0 Å². The van der Waals surface area contributed by atoms with Crippen LogP contribution in [0.15, 0.2) is 46.2 Å². The number of halogens is 1. The molecule has 0 spiro atoms. The van der Waals surface area contributed by atoms with Crippen molar-refractivity contribution in [3.05, 3.63) is 47.6 Å². The first-order chi connectivity index (χ1) is 15.1. The maximum absolute atomic E-state index is 13.8. The standard InChI is InChI=1S/C23H27FN6O/c1-2-14-9-19(17-6-5-16(11-21(17)31)18-12-26-29-23(18)24)27-28-22(10-14)30-8-7-25-20(13-30)15-3-4-15/h5-6,9,11-12,15,20,25,31H,2-4,7-8,10,13H2,1H3,(H,26,29). The van der Waals surface area contributed by atoms with Crippen LogP contribution < -0.4 is 5.32 Å². The molecule has 8 heteroatoms. The molecule has 3 aliphatic rings. The third-order valence-corrected chi connectivity index (χ3v) is 6.39. The molecule has 0 radical (unpaired) electrons. The van der Waals surface area contributed by atoms with Crippen LogP contribution in [0.25, 0.3) is 11.1 Å². The van der Waals surface area contributed by atoms with Crippen LogP contribution in [0.5, 0.6) is 5.75 Å². The summed E-state index contributed by atoms with van der Waals surface area (Å²) < 4.78 is 13.8. The molecule has 0 amide bonds. The summed E-state index contributed by atoms with van der Waals surface area (Å²) in [5, 5.41) is 29.4. The van der Waals surface area contributed by atoms with E-state index >= 15 is 0 Å². The summed E-state index contributed by atoms with van der Waals surface area (Å²) in [5.41, 5.74) is 3.30. The number of aromatic amines is 1. The molecule has 7 nitrogen and oxygen atoms in total. The number of nitrogens with one attached hydrogen (secondary N) is 2. The second-order valence-electron chi connectivity index (χ2n) is 8.51. The zero-order valence-electron chi connectivity index (χ0n) is 17.6. The predicted octanol–water partition coefficient (Wildman–Crippen LogP) is 3.45. The summed E-state index contributed by atoms with van der Waals surface area (Å²) in [6.45, 7) is 5.00. The third kappa shape index (κ3) is 4.12. The summed E-state index contributed by atoms with van der Waals surface area (Å²) >= 11 is 0. The minimum atomic E-state index is -0.526. The molecule has 1 aromatic heterocycles. The fourth-order valence-electron chi connectivity index (χ4n) is 4.37. The van der Waals surface area contributed by atoms with Gasteiger partial charge in [-0.15, -0.1) is 10.2 Å². The van der Waals surface area contributed by atoms with E-state index < -0.39 is 5.95 Å². The van der Waals surface area contributed by atoms with Crippen molar-refractivity contribution in [2.24, 2.45) is 16.1 Å². The number of rotatable bonds is 4. The molecule has 1 unspecified atom stereocenters. The molecule has 3 N–H and O–H groups in total. The quantitative estimate of drug-likeness (QED) is 0.704. The number of benzene rings is 1. The number of H-pyrrole nitrogens is 1. The Kier molecular flexibility index (Phi) is 5.31. The van der Waals surface area contributed by atoms with Crippen LogP contribution in [0, 0.1) is 11.9 Å². The number of aromatic nitrogens is 2. The number of hydrogen-bond acceptors (Lipinski definition) is 6. The van der Waals surface area contributed by atoms with Crippen molar-refractivity contribution in [2.45, 2.75) is 38.6 Å². The molecule has 31 heavy (non-hydrogen) atoms. The lowest BCUT2D eigenvalue weighted by Gasteiger charge is -2.35. The first-order valence-electron chi connectivity index (χ1n) is 11.0. The van der Waals surface area contributed by atoms with Gasteiger partial charge in [0.05, 0.1) is 17.5 Å². The van der Waals surface area contributed by atoms with E-state index in [1.807, 2.05) is 6.08 Å². The van der Waals surface area contributed by atoms with Crippen molar-refractivity contribution >= 4 is 11.5 Å². The van der Waals surface area contributed by atoms with Gasteiger partial charge in [-0.2, -0.15) is 9.49 Å². The maximum atomic E-state index is 13.8. The van der Waals surface area contributed by atoms with Crippen molar-refractivity contribution in [2.75, 3.05) is 19.6 Å². The minimum absolute atomic E-state index is 0.0400. The molecule has 3 heterocycles. The Balaban J connectivity index is 1.43. The van der Waals surface area contributed by atoms with E-state index in [2.05, 4.69) is 37.5 Å². The smallest absolute Gasteiger partial charge is 0.216 e. The van der Waals surface area contributed by atoms with E-state index in [0.717, 1.165) is 44.2 Å². The summed E-state index contributed by atoms with van der Waals surface area (Å²) in [6, 6.07) is 5.60. The molecule has 2 fully saturated rings. The lowest BCUT2D eigenvalue weighted by molar-refractivity contribution is 0.269. The largest absolute Gasteiger partial charge is 0.507 e. The average molecular weight is 423 g/mol. The van der Waals surface area contributed by atoms with E-state index in [-0.39, 0.29) is 5.75 Å². The number of allylic oxidation sites excluding steroid dienone is 1. The van der Waals surface area contributed by atoms with Crippen molar-refractivity contribution in [1.29, 1.82) is 0 Å². The number of aromatic hydroxyl groups is 1. The minimum Gasteiger partial charge on any atom is -0.507 e. The maximum Gasteiger partial charge on any atom is 0.216 e. The van der Waals surface area contributed by atoms with Gasteiger partial charge in [0, 0.05) is 37.7 Å². The van der Waals surface area contributed by atoms with Crippen LogP contribution in [-0.4, -0.2) is 57.4 Å². The van der Waals surface area contributed by atoms with Crippen molar-refractivity contribution in [1.82, 2.24) is 20.4 Å². The first-order valence-corrected chi connectivity index (χ1v) is 11.0. The monoisotopic (exact) mass is 422 g/mol. The molecule has 162 valence electrons. The molecule has 5 rings (SSSR count). The Bertz CT molecular complexity index is 1070. The number of phenols is 1. The predicted molar refractivity (Wildman–Crippen MR) is 119 cm³/mol. The molecular weight excluding hydrogens is 395 g/mol. The highest BCUT2D eigenvalue weighted by Crippen LogP contribution is 2.34. The zero-order chi connectivity index (χ0) is 21.4. The highest BCUT2D eigenvalue weighted by atomic mass is 19.1. The SMILES string of the molecule is CCC1=CC(c2ccc(-c3cn[nH]c3F)cc2O)=NN=C(N2CCNC(C3CC3)C2)C1. The number of nitrogens with zero attached hydrogens (tertiary/aromatic N) is 4. The van der Waals surface area contributed by atoms with Crippen LogP contribution in [0.4, 0.5) is 4.39 Å². The van der Waals surface area contributed by atoms with E-state index in [1.54, 1.807) is 12.1 Å². The molecular formula is C23H27FN6O. The van der Waals surface area contributed by atoms with Crippen molar-refractivity contribution in [3.63, 3.8) is 0 Å². The lowest BCUT2D eigenvalue weighted by atomic mass is 9.99. The number of piperazine rings is 1. The topological polar surface area (TPSA) is 88.9 Å². The Morgan fingerprint density at radius 1 is 1.23 bits per heavy atom. The molecule has 0 bridgehead atoms. The van der Waals surface area contributed by atoms with Crippen LogP contribution in [0.3, 0.4) is 0 Å². The third-order valence-electron chi connectivity index (χ3n) is 6.39. The molecule has 1 aliphatic carbocycles. The van der Waals surface area contributed by atoms with Gasteiger partial charge < -0.3 is 15.3 Å². The summed E-state index contributed by atoms with van der Waals surface area (Å²) in [4.78, 5) is 2.36. The highest BCUT2D eigenvalue weighted by Gasteiger charge is 2.35. The highest BCUT2D eigenvalue weighted by molar-refractivity contribution is 6.12. The van der Waals surface area contributed by atoms with E-state index in [4.69, 9.17) is 0 Å². The van der Waals surface area contributed by atoms with Crippen LogP contribution in [0.1, 0.15) is 38.2 Å². The normalized spacial score (nSPS) is 21.9. The van der Waals surface area contributed by atoms with Crippen molar-refractivity contribution in [3.8, 4) is 16.9 Å². The van der Waals surface area contributed by atoms with Gasteiger partial charge in [0.2, 0.25) is 5.95 Å². The van der Waals surface area contributed by atoms with Gasteiger partial charge in [0.15, 0.2) is 0 Å². The Hall–Kier alpha value is -3.00. The fraction of sp³-hybridized carbons (Fsp3) is 0.435. The van der Waals surface area contributed by atoms with Gasteiger partial charge in [-0.25, -0.2) is 0 Å². The Morgan fingerprint density at radius 3 is 2.81 bits per heavy atom. The molecule has 1 aromatic carbocycles. The van der Waals surface area contributed by atoms with E-state index in [1.165, 1.54) is 30.7 Å². The summed E-state index contributed by atoms with van der Waals surface area (Å²) in [6.07, 6.45) is 7.71. The molecule has 1 atom stereocenters. The first kappa shape index (κ1) is 19.9. The van der Waals surface area contributed by atoms with Gasteiger partial charge in [0.1, 0.15) is 11.6 Å².